The Morgan fingerprint density at radius 1 is 1.21 bits per heavy atom. The van der Waals surface area contributed by atoms with Crippen molar-refractivity contribution in [3.8, 4) is 0 Å². The maximum atomic E-state index is 6.16. The second-order valence-corrected chi connectivity index (χ2v) is 7.68. The molecular weight excluding hydrogens is 234 g/mol. The summed E-state index contributed by atoms with van der Waals surface area (Å²) in [5.41, 5.74) is 0.471. The molecule has 0 amide bonds. The number of hydrogen-bond acceptors (Lipinski definition) is 2. The lowest BCUT2D eigenvalue weighted by molar-refractivity contribution is 0.0248. The first-order chi connectivity index (χ1) is 9.20. The first-order valence-corrected chi connectivity index (χ1v) is 8.55. The van der Waals surface area contributed by atoms with Crippen molar-refractivity contribution in [1.82, 2.24) is 5.32 Å². The molecule has 1 N–H and O–H groups in total. The van der Waals surface area contributed by atoms with Crippen LogP contribution in [-0.2, 0) is 4.74 Å². The van der Waals surface area contributed by atoms with Gasteiger partial charge in [-0.25, -0.2) is 0 Å². The average molecular weight is 265 g/mol. The largest absolute Gasteiger partial charge is 0.377 e. The van der Waals surface area contributed by atoms with E-state index < -0.39 is 0 Å². The van der Waals surface area contributed by atoms with Gasteiger partial charge in [-0.05, 0) is 50.4 Å². The Kier molecular flexibility index (Phi) is 4.19. The van der Waals surface area contributed by atoms with Crippen molar-refractivity contribution in [1.29, 1.82) is 0 Å². The van der Waals surface area contributed by atoms with Gasteiger partial charge in [-0.2, -0.15) is 0 Å². The van der Waals surface area contributed by atoms with E-state index in [1.165, 1.54) is 57.9 Å². The van der Waals surface area contributed by atoms with Gasteiger partial charge in [-0.15, -0.1) is 0 Å². The number of hydrogen-bond donors (Lipinski definition) is 1. The standard InChI is InChI=1S/C17H31NO/c1-13(2)4-3-9-17(12-18-15-7-8-15)10-11-19-16(17)14-5-6-14/h13-16,18H,3-12H2,1-2H3. The van der Waals surface area contributed by atoms with E-state index in [1.54, 1.807) is 0 Å². The highest BCUT2D eigenvalue weighted by Gasteiger charge is 2.50. The molecule has 1 heterocycles. The van der Waals surface area contributed by atoms with Crippen LogP contribution < -0.4 is 5.32 Å². The van der Waals surface area contributed by atoms with Crippen molar-refractivity contribution in [2.75, 3.05) is 13.2 Å². The Morgan fingerprint density at radius 3 is 2.63 bits per heavy atom. The lowest BCUT2D eigenvalue weighted by atomic mass is 9.74. The summed E-state index contributed by atoms with van der Waals surface area (Å²) in [7, 11) is 0. The highest BCUT2D eigenvalue weighted by Crippen LogP contribution is 2.50. The molecule has 2 unspecified atom stereocenters. The van der Waals surface area contributed by atoms with Gasteiger partial charge in [0.15, 0.2) is 0 Å². The fraction of sp³-hybridized carbons (Fsp3) is 1.00. The Bertz CT molecular complexity index is 296. The molecule has 0 radical (unpaired) electrons. The highest BCUT2D eigenvalue weighted by atomic mass is 16.5. The minimum absolute atomic E-state index is 0.471. The van der Waals surface area contributed by atoms with Crippen LogP contribution in [0.4, 0.5) is 0 Å². The molecule has 0 aromatic heterocycles. The number of nitrogens with one attached hydrogen (secondary N) is 1. The van der Waals surface area contributed by atoms with E-state index in [4.69, 9.17) is 4.74 Å². The molecule has 0 bridgehead atoms. The molecule has 1 aliphatic heterocycles. The molecule has 2 saturated carbocycles. The van der Waals surface area contributed by atoms with Crippen LogP contribution in [0.5, 0.6) is 0 Å². The summed E-state index contributed by atoms with van der Waals surface area (Å²) in [6, 6.07) is 0.836. The minimum Gasteiger partial charge on any atom is -0.377 e. The zero-order valence-electron chi connectivity index (χ0n) is 12.8. The zero-order chi connectivity index (χ0) is 13.3. The van der Waals surface area contributed by atoms with Crippen molar-refractivity contribution in [2.45, 2.75) is 77.4 Å². The quantitative estimate of drug-likeness (QED) is 0.721. The zero-order valence-corrected chi connectivity index (χ0v) is 12.8. The summed E-state index contributed by atoms with van der Waals surface area (Å²) >= 11 is 0. The van der Waals surface area contributed by atoms with Crippen LogP contribution in [0, 0.1) is 17.3 Å². The molecule has 2 nitrogen and oxygen atoms in total. The predicted molar refractivity (Wildman–Crippen MR) is 79.2 cm³/mol. The summed E-state index contributed by atoms with van der Waals surface area (Å²) in [6.07, 6.45) is 11.6. The van der Waals surface area contributed by atoms with Crippen LogP contribution in [0.25, 0.3) is 0 Å². The highest BCUT2D eigenvalue weighted by molar-refractivity contribution is 5.01. The van der Waals surface area contributed by atoms with Crippen molar-refractivity contribution in [3.05, 3.63) is 0 Å². The minimum atomic E-state index is 0.471. The van der Waals surface area contributed by atoms with Gasteiger partial charge in [-0.1, -0.05) is 26.7 Å². The average Bonchev–Trinajstić information content (AvgIpc) is 3.27. The Morgan fingerprint density at radius 2 is 2.00 bits per heavy atom. The molecule has 110 valence electrons. The van der Waals surface area contributed by atoms with Gasteiger partial charge in [0, 0.05) is 24.6 Å². The van der Waals surface area contributed by atoms with Gasteiger partial charge < -0.3 is 10.1 Å². The molecule has 3 rings (SSSR count). The molecule has 19 heavy (non-hydrogen) atoms. The van der Waals surface area contributed by atoms with E-state index in [0.717, 1.165) is 24.5 Å². The molecule has 0 aromatic rings. The summed E-state index contributed by atoms with van der Waals surface area (Å²) in [6.45, 7) is 6.92. The molecule has 3 fully saturated rings. The van der Waals surface area contributed by atoms with Gasteiger partial charge >= 0.3 is 0 Å². The second-order valence-electron chi connectivity index (χ2n) is 7.68. The summed E-state index contributed by atoms with van der Waals surface area (Å²) in [4.78, 5) is 0. The third-order valence-electron chi connectivity index (χ3n) is 5.33. The fourth-order valence-electron chi connectivity index (χ4n) is 3.79. The van der Waals surface area contributed by atoms with Crippen LogP contribution >= 0.6 is 0 Å². The lowest BCUT2D eigenvalue weighted by Gasteiger charge is -2.35. The monoisotopic (exact) mass is 265 g/mol. The Labute approximate surface area is 118 Å². The summed E-state index contributed by atoms with van der Waals surface area (Å²) in [5.74, 6) is 1.73. The van der Waals surface area contributed by atoms with E-state index in [2.05, 4.69) is 19.2 Å². The van der Waals surface area contributed by atoms with Gasteiger partial charge in [-0.3, -0.25) is 0 Å². The molecule has 0 spiro atoms. The fourth-order valence-corrected chi connectivity index (χ4v) is 3.79. The summed E-state index contributed by atoms with van der Waals surface area (Å²) < 4.78 is 6.16. The second kappa shape index (κ2) is 5.73. The van der Waals surface area contributed by atoms with Crippen molar-refractivity contribution >= 4 is 0 Å². The van der Waals surface area contributed by atoms with Gasteiger partial charge in [0.25, 0.3) is 0 Å². The van der Waals surface area contributed by atoms with E-state index >= 15 is 0 Å². The molecule has 2 aliphatic carbocycles. The molecule has 2 heteroatoms. The van der Waals surface area contributed by atoms with E-state index in [9.17, 15) is 0 Å². The maximum Gasteiger partial charge on any atom is 0.0672 e. The topological polar surface area (TPSA) is 21.3 Å². The van der Waals surface area contributed by atoms with E-state index in [-0.39, 0.29) is 0 Å². The van der Waals surface area contributed by atoms with Crippen molar-refractivity contribution in [2.24, 2.45) is 17.3 Å². The Hall–Kier alpha value is -0.0800. The molecule has 2 atom stereocenters. The van der Waals surface area contributed by atoms with Crippen LogP contribution in [-0.4, -0.2) is 25.3 Å². The number of rotatable bonds is 8. The van der Waals surface area contributed by atoms with Crippen LogP contribution in [0.1, 0.15) is 65.2 Å². The molecular formula is C17H31NO. The number of ether oxygens (including phenoxy) is 1. The SMILES string of the molecule is CC(C)CCCC1(CNC2CC2)CCOC1C1CC1. The van der Waals surface area contributed by atoms with E-state index in [1.807, 2.05) is 0 Å². The normalized spacial score (nSPS) is 35.2. The maximum absolute atomic E-state index is 6.16. The first-order valence-electron chi connectivity index (χ1n) is 8.55. The van der Waals surface area contributed by atoms with E-state index in [0.29, 0.717) is 11.5 Å². The van der Waals surface area contributed by atoms with Crippen molar-refractivity contribution in [3.63, 3.8) is 0 Å². The summed E-state index contributed by atoms with van der Waals surface area (Å²) in [5, 5.41) is 3.81. The van der Waals surface area contributed by atoms with Gasteiger partial charge in [0.1, 0.15) is 0 Å². The molecule has 1 saturated heterocycles. The third-order valence-corrected chi connectivity index (χ3v) is 5.33. The predicted octanol–water partition coefficient (Wildman–Crippen LogP) is 3.75. The Balaban J connectivity index is 1.58. The lowest BCUT2D eigenvalue weighted by Crippen LogP contribution is -2.42. The molecule has 3 aliphatic rings. The molecule has 0 aromatic carbocycles. The van der Waals surface area contributed by atoms with Crippen molar-refractivity contribution < 1.29 is 4.74 Å². The third kappa shape index (κ3) is 3.52. The van der Waals surface area contributed by atoms with Crippen LogP contribution in [0.15, 0.2) is 0 Å². The van der Waals surface area contributed by atoms with Crippen LogP contribution in [0.2, 0.25) is 0 Å². The van der Waals surface area contributed by atoms with Crippen LogP contribution in [0.3, 0.4) is 0 Å². The smallest absolute Gasteiger partial charge is 0.0672 e. The van der Waals surface area contributed by atoms with Gasteiger partial charge in [0.2, 0.25) is 0 Å². The first kappa shape index (κ1) is 13.9. The van der Waals surface area contributed by atoms with Gasteiger partial charge in [0.05, 0.1) is 6.10 Å².